The fourth-order valence-corrected chi connectivity index (χ4v) is 3.24. The van der Waals surface area contributed by atoms with Crippen LogP contribution in [0.1, 0.15) is 51.4 Å². The molecule has 0 aliphatic heterocycles. The summed E-state index contributed by atoms with van der Waals surface area (Å²) in [4.78, 5) is 40.7. The Bertz CT molecular complexity index is 623. The molecule has 1 atom stereocenters. The van der Waals surface area contributed by atoms with E-state index in [0.717, 1.165) is 44.9 Å². The van der Waals surface area contributed by atoms with Crippen molar-refractivity contribution in [2.75, 3.05) is 6.54 Å². The van der Waals surface area contributed by atoms with Crippen molar-refractivity contribution in [3.63, 3.8) is 0 Å². The second kappa shape index (κ2) is 10.1. The van der Waals surface area contributed by atoms with Gasteiger partial charge in [-0.05, 0) is 32.2 Å². The molecule has 1 saturated carbocycles. The molecule has 1 aliphatic carbocycles. The number of ketones is 1. The van der Waals surface area contributed by atoms with E-state index in [2.05, 4.69) is 10.3 Å². The van der Waals surface area contributed by atoms with Gasteiger partial charge in [0.15, 0.2) is 5.78 Å². The van der Waals surface area contributed by atoms with Crippen molar-refractivity contribution in [3.8, 4) is 0 Å². The molecule has 138 valence electrons. The number of carbonyl (C=O) groups is 2. The van der Waals surface area contributed by atoms with Crippen LogP contribution in [0.15, 0.2) is 23.4 Å². The summed E-state index contributed by atoms with van der Waals surface area (Å²) in [6.45, 7) is 0.553. The van der Waals surface area contributed by atoms with Gasteiger partial charge in [-0.25, -0.2) is 4.98 Å². The van der Waals surface area contributed by atoms with E-state index in [0.29, 0.717) is 13.0 Å². The van der Waals surface area contributed by atoms with Gasteiger partial charge in [-0.3, -0.25) is 19.0 Å². The van der Waals surface area contributed by atoms with Crippen LogP contribution < -0.4 is 16.6 Å². The molecule has 1 aromatic heterocycles. The van der Waals surface area contributed by atoms with E-state index in [4.69, 9.17) is 5.73 Å². The van der Waals surface area contributed by atoms with E-state index < -0.39 is 6.04 Å². The summed E-state index contributed by atoms with van der Waals surface area (Å²) in [6, 6.07) is 0.763. The number of carbonyl (C=O) groups excluding carboxylic acids is 2. The molecule has 7 nitrogen and oxygen atoms in total. The number of hydrogen-bond acceptors (Lipinski definition) is 5. The van der Waals surface area contributed by atoms with Gasteiger partial charge in [-0.1, -0.05) is 25.7 Å². The molecule has 7 heteroatoms. The van der Waals surface area contributed by atoms with Gasteiger partial charge in [0, 0.05) is 18.2 Å². The Morgan fingerprint density at radius 3 is 2.72 bits per heavy atom. The number of Topliss-reactive ketones (excluding diaryl/α,β-unsaturated/α-hetero) is 1. The lowest BCUT2D eigenvalue weighted by Crippen LogP contribution is -2.45. The summed E-state index contributed by atoms with van der Waals surface area (Å²) in [7, 11) is 0. The first-order chi connectivity index (χ1) is 12.1. The zero-order valence-corrected chi connectivity index (χ0v) is 14.7. The minimum Gasteiger partial charge on any atom is -0.346 e. The fourth-order valence-electron chi connectivity index (χ4n) is 3.24. The standard InChI is InChI=1S/C18H28N4O3/c19-10-5-1-2-8-15(21-18(25)14-6-3-4-7-14)16(23)12-22-13-20-11-9-17(22)24/h9,11,13-15H,1-8,10,12,19H2,(H,21,25)/t15-/m0/s1. The molecule has 1 heterocycles. The minimum atomic E-state index is -0.557. The Balaban J connectivity index is 1.98. The molecular formula is C18H28N4O3. The van der Waals surface area contributed by atoms with Crippen molar-refractivity contribution in [2.24, 2.45) is 11.7 Å². The third-order valence-corrected chi connectivity index (χ3v) is 4.75. The van der Waals surface area contributed by atoms with Crippen molar-refractivity contribution >= 4 is 11.7 Å². The maximum absolute atomic E-state index is 12.7. The van der Waals surface area contributed by atoms with Gasteiger partial charge in [0.1, 0.15) is 0 Å². The van der Waals surface area contributed by atoms with Crippen molar-refractivity contribution in [3.05, 3.63) is 28.9 Å². The molecule has 0 aromatic carbocycles. The third-order valence-electron chi connectivity index (χ3n) is 4.75. The van der Waals surface area contributed by atoms with Crippen molar-refractivity contribution in [2.45, 2.75) is 64.0 Å². The molecule has 0 spiro atoms. The van der Waals surface area contributed by atoms with Crippen LogP contribution >= 0.6 is 0 Å². The number of rotatable bonds is 10. The quantitative estimate of drug-likeness (QED) is 0.614. The van der Waals surface area contributed by atoms with Crippen LogP contribution in [-0.4, -0.2) is 33.8 Å². The molecule has 0 saturated heterocycles. The summed E-state index contributed by atoms with van der Waals surface area (Å²) >= 11 is 0. The van der Waals surface area contributed by atoms with E-state index in [1.807, 2.05) is 0 Å². The lowest BCUT2D eigenvalue weighted by Gasteiger charge is -2.20. The lowest BCUT2D eigenvalue weighted by atomic mass is 10.0. The zero-order valence-electron chi connectivity index (χ0n) is 14.7. The molecule has 0 radical (unpaired) electrons. The molecule has 0 bridgehead atoms. The predicted molar refractivity (Wildman–Crippen MR) is 94.9 cm³/mol. The summed E-state index contributed by atoms with van der Waals surface area (Å²) in [5.41, 5.74) is 5.23. The third kappa shape index (κ3) is 6.08. The van der Waals surface area contributed by atoms with E-state index >= 15 is 0 Å². The van der Waals surface area contributed by atoms with E-state index in [1.54, 1.807) is 0 Å². The molecule has 1 aliphatic rings. The number of aromatic nitrogens is 2. The van der Waals surface area contributed by atoms with E-state index in [1.165, 1.54) is 23.2 Å². The maximum atomic E-state index is 12.7. The Hall–Kier alpha value is -2.02. The molecule has 25 heavy (non-hydrogen) atoms. The highest BCUT2D eigenvalue weighted by Crippen LogP contribution is 2.25. The Morgan fingerprint density at radius 1 is 1.28 bits per heavy atom. The first-order valence-electron chi connectivity index (χ1n) is 9.15. The number of nitrogens with zero attached hydrogens (tertiary/aromatic N) is 2. The summed E-state index contributed by atoms with van der Waals surface area (Å²) in [6.07, 6.45) is 9.89. The first kappa shape index (κ1) is 19.3. The molecule has 1 aromatic rings. The van der Waals surface area contributed by atoms with Crippen LogP contribution in [0, 0.1) is 5.92 Å². The molecule has 1 fully saturated rings. The monoisotopic (exact) mass is 348 g/mol. The van der Waals surface area contributed by atoms with Gasteiger partial charge >= 0.3 is 0 Å². The van der Waals surface area contributed by atoms with Gasteiger partial charge in [0.25, 0.3) is 5.56 Å². The van der Waals surface area contributed by atoms with Crippen LogP contribution in [-0.2, 0) is 16.1 Å². The van der Waals surface area contributed by atoms with Crippen molar-refractivity contribution < 1.29 is 9.59 Å². The number of amides is 1. The lowest BCUT2D eigenvalue weighted by molar-refractivity contribution is -0.130. The maximum Gasteiger partial charge on any atom is 0.253 e. The summed E-state index contributed by atoms with van der Waals surface area (Å²) < 4.78 is 1.27. The number of unbranched alkanes of at least 4 members (excludes halogenated alkanes) is 2. The SMILES string of the molecule is NCCCCC[C@H](NC(=O)C1CCCC1)C(=O)Cn1cnccc1=O. The Kier molecular flexibility index (Phi) is 7.78. The number of nitrogens with two attached hydrogens (primary N) is 1. The summed E-state index contributed by atoms with van der Waals surface area (Å²) in [5, 5.41) is 2.92. The highest BCUT2D eigenvalue weighted by molar-refractivity contribution is 5.89. The van der Waals surface area contributed by atoms with Gasteiger partial charge in [-0.15, -0.1) is 0 Å². The van der Waals surface area contributed by atoms with Crippen LogP contribution in [0.25, 0.3) is 0 Å². The highest BCUT2D eigenvalue weighted by atomic mass is 16.2. The average molecular weight is 348 g/mol. The van der Waals surface area contributed by atoms with Gasteiger partial charge in [0.2, 0.25) is 5.91 Å². The zero-order chi connectivity index (χ0) is 18.1. The molecular weight excluding hydrogens is 320 g/mol. The molecule has 0 unspecified atom stereocenters. The van der Waals surface area contributed by atoms with E-state index in [-0.39, 0.29) is 29.7 Å². The molecule has 3 N–H and O–H groups in total. The number of nitrogens with one attached hydrogen (secondary N) is 1. The van der Waals surface area contributed by atoms with Crippen LogP contribution in [0.5, 0.6) is 0 Å². The van der Waals surface area contributed by atoms with Crippen molar-refractivity contribution in [1.29, 1.82) is 0 Å². The summed E-state index contributed by atoms with van der Waals surface area (Å²) in [5.74, 6) is -0.178. The minimum absolute atomic E-state index is 0.0143. The Labute approximate surface area is 148 Å². The van der Waals surface area contributed by atoms with Crippen LogP contribution in [0.4, 0.5) is 0 Å². The smallest absolute Gasteiger partial charge is 0.253 e. The van der Waals surface area contributed by atoms with Gasteiger partial charge < -0.3 is 11.1 Å². The predicted octanol–water partition coefficient (Wildman–Crippen LogP) is 1.01. The molecule has 2 rings (SSSR count). The van der Waals surface area contributed by atoms with Gasteiger partial charge in [0.05, 0.1) is 18.9 Å². The fraction of sp³-hybridized carbons (Fsp3) is 0.667. The highest BCUT2D eigenvalue weighted by Gasteiger charge is 2.27. The second-order valence-corrected chi connectivity index (χ2v) is 6.69. The normalized spacial score (nSPS) is 15.9. The second-order valence-electron chi connectivity index (χ2n) is 6.69. The van der Waals surface area contributed by atoms with E-state index in [9.17, 15) is 14.4 Å². The first-order valence-corrected chi connectivity index (χ1v) is 9.15. The van der Waals surface area contributed by atoms with Crippen LogP contribution in [0.2, 0.25) is 0 Å². The Morgan fingerprint density at radius 2 is 2.04 bits per heavy atom. The van der Waals surface area contributed by atoms with Gasteiger partial charge in [-0.2, -0.15) is 0 Å². The average Bonchev–Trinajstić information content (AvgIpc) is 3.14. The largest absolute Gasteiger partial charge is 0.346 e. The number of hydrogen-bond donors (Lipinski definition) is 2. The molecule has 1 amide bonds. The van der Waals surface area contributed by atoms with Crippen molar-refractivity contribution in [1.82, 2.24) is 14.9 Å². The topological polar surface area (TPSA) is 107 Å². The van der Waals surface area contributed by atoms with Crippen LogP contribution in [0.3, 0.4) is 0 Å².